The molecule has 0 bridgehead atoms. The second-order valence-electron chi connectivity index (χ2n) is 5.93. The number of nitrogens with zero attached hydrogens (tertiary/aromatic N) is 1. The lowest BCUT2D eigenvalue weighted by Gasteiger charge is -2.26. The van der Waals surface area contributed by atoms with E-state index >= 15 is 0 Å². The van der Waals surface area contributed by atoms with E-state index in [2.05, 4.69) is 5.32 Å². The molecule has 1 atom stereocenters. The summed E-state index contributed by atoms with van der Waals surface area (Å²) in [6, 6.07) is 12.9. The molecule has 2 aromatic rings. The second-order valence-corrected chi connectivity index (χ2v) is 5.93. The number of anilines is 1. The molecule has 4 nitrogen and oxygen atoms in total. The van der Waals surface area contributed by atoms with Gasteiger partial charge in [-0.25, -0.2) is 9.18 Å². The number of ether oxygens (including phenoxy) is 1. The first-order chi connectivity index (χ1) is 11.4. The molecule has 2 rings (SSSR count). The maximum Gasteiger partial charge on any atom is 0.322 e. The Morgan fingerprint density at radius 3 is 2.29 bits per heavy atom. The molecule has 24 heavy (non-hydrogen) atoms. The highest BCUT2D eigenvalue weighted by Gasteiger charge is 2.19. The maximum absolute atomic E-state index is 13.9. The summed E-state index contributed by atoms with van der Waals surface area (Å²) in [5, 5.41) is 2.80. The molecule has 2 aromatic carbocycles. The van der Waals surface area contributed by atoms with Crippen LogP contribution in [0, 0.1) is 5.82 Å². The highest BCUT2D eigenvalue weighted by molar-refractivity contribution is 5.89. The van der Waals surface area contributed by atoms with Gasteiger partial charge in [-0.1, -0.05) is 18.2 Å². The summed E-state index contributed by atoms with van der Waals surface area (Å²) < 4.78 is 19.4. The average Bonchev–Trinajstić information content (AvgIpc) is 2.55. The largest absolute Gasteiger partial charge is 0.491 e. The van der Waals surface area contributed by atoms with Crippen molar-refractivity contribution in [1.82, 2.24) is 4.90 Å². The van der Waals surface area contributed by atoms with Crippen molar-refractivity contribution >= 4 is 11.7 Å². The highest BCUT2D eigenvalue weighted by atomic mass is 19.1. The number of nitrogens with one attached hydrogen (secondary N) is 1. The molecule has 0 aliphatic carbocycles. The van der Waals surface area contributed by atoms with Crippen LogP contribution in [0.5, 0.6) is 5.75 Å². The number of amides is 2. The van der Waals surface area contributed by atoms with Crippen molar-refractivity contribution < 1.29 is 13.9 Å². The van der Waals surface area contributed by atoms with Gasteiger partial charge in [0.15, 0.2) is 0 Å². The van der Waals surface area contributed by atoms with Crippen molar-refractivity contribution in [3.05, 3.63) is 59.9 Å². The van der Waals surface area contributed by atoms with Gasteiger partial charge < -0.3 is 15.0 Å². The van der Waals surface area contributed by atoms with Crippen molar-refractivity contribution in [3.8, 4) is 5.75 Å². The van der Waals surface area contributed by atoms with Crippen LogP contribution in [0.3, 0.4) is 0 Å². The Morgan fingerprint density at radius 2 is 1.71 bits per heavy atom. The van der Waals surface area contributed by atoms with E-state index in [0.717, 1.165) is 5.75 Å². The van der Waals surface area contributed by atoms with Crippen molar-refractivity contribution in [3.63, 3.8) is 0 Å². The number of rotatable bonds is 5. The van der Waals surface area contributed by atoms with Crippen LogP contribution in [0.15, 0.2) is 48.5 Å². The molecule has 0 saturated heterocycles. The van der Waals surface area contributed by atoms with Crippen LogP contribution in [0.25, 0.3) is 0 Å². The smallest absolute Gasteiger partial charge is 0.322 e. The first kappa shape index (κ1) is 17.8. The van der Waals surface area contributed by atoms with Crippen LogP contribution < -0.4 is 10.1 Å². The third-order valence-corrected chi connectivity index (χ3v) is 3.73. The van der Waals surface area contributed by atoms with Crippen LogP contribution in [0.1, 0.15) is 32.4 Å². The Morgan fingerprint density at radius 1 is 1.08 bits per heavy atom. The van der Waals surface area contributed by atoms with Crippen molar-refractivity contribution in [1.29, 1.82) is 0 Å². The summed E-state index contributed by atoms with van der Waals surface area (Å²) in [6.07, 6.45) is 0.0955. The topological polar surface area (TPSA) is 41.6 Å². The Kier molecular flexibility index (Phi) is 5.79. The monoisotopic (exact) mass is 330 g/mol. The van der Waals surface area contributed by atoms with Crippen LogP contribution in [-0.4, -0.2) is 24.1 Å². The van der Waals surface area contributed by atoms with Crippen LogP contribution in [0.2, 0.25) is 0 Å². The predicted molar refractivity (Wildman–Crippen MR) is 93.8 cm³/mol. The molecule has 1 N–H and O–H groups in total. The molecule has 0 radical (unpaired) electrons. The molecule has 128 valence electrons. The van der Waals surface area contributed by atoms with Crippen molar-refractivity contribution in [2.75, 3.05) is 12.4 Å². The standard InChI is InChI=1S/C19H23FN2O2/c1-13(2)24-16-11-9-15(10-12-16)21-19(23)22(4)14(3)17-7-5-6-8-18(17)20/h5-14H,1-4H3,(H,21,23). The van der Waals surface area contributed by atoms with Gasteiger partial charge in [-0.15, -0.1) is 0 Å². The third kappa shape index (κ3) is 4.47. The van der Waals surface area contributed by atoms with Crippen LogP contribution >= 0.6 is 0 Å². The second kappa shape index (κ2) is 7.81. The van der Waals surface area contributed by atoms with E-state index in [1.54, 1.807) is 56.4 Å². The van der Waals surface area contributed by atoms with E-state index in [1.807, 2.05) is 13.8 Å². The van der Waals surface area contributed by atoms with Gasteiger partial charge >= 0.3 is 6.03 Å². The molecule has 2 amide bonds. The molecule has 0 aliphatic heterocycles. The quantitative estimate of drug-likeness (QED) is 0.852. The first-order valence-corrected chi connectivity index (χ1v) is 7.93. The summed E-state index contributed by atoms with van der Waals surface area (Å²) in [5.74, 6) is 0.427. The summed E-state index contributed by atoms with van der Waals surface area (Å²) in [5.41, 5.74) is 1.14. The van der Waals surface area contributed by atoms with Gasteiger partial charge in [0.2, 0.25) is 0 Å². The zero-order valence-corrected chi connectivity index (χ0v) is 14.4. The number of halogens is 1. The van der Waals surface area contributed by atoms with E-state index < -0.39 is 0 Å². The predicted octanol–water partition coefficient (Wildman–Crippen LogP) is 4.84. The lowest BCUT2D eigenvalue weighted by atomic mass is 10.1. The summed E-state index contributed by atoms with van der Waals surface area (Å²) >= 11 is 0. The third-order valence-electron chi connectivity index (χ3n) is 3.73. The first-order valence-electron chi connectivity index (χ1n) is 7.93. The van der Waals surface area contributed by atoms with Crippen LogP contribution in [0.4, 0.5) is 14.9 Å². The van der Waals surface area contributed by atoms with Gasteiger partial charge in [0.05, 0.1) is 12.1 Å². The molecular weight excluding hydrogens is 307 g/mol. The minimum Gasteiger partial charge on any atom is -0.491 e. The van der Waals surface area contributed by atoms with Gasteiger partial charge in [0.1, 0.15) is 11.6 Å². The van der Waals surface area contributed by atoms with Gasteiger partial charge in [-0.2, -0.15) is 0 Å². The molecule has 5 heteroatoms. The fourth-order valence-electron chi connectivity index (χ4n) is 2.30. The zero-order valence-electron chi connectivity index (χ0n) is 14.4. The lowest BCUT2D eigenvalue weighted by Crippen LogP contribution is -2.34. The average molecular weight is 330 g/mol. The van der Waals surface area contributed by atoms with E-state index in [0.29, 0.717) is 11.3 Å². The molecule has 0 saturated carbocycles. The van der Waals surface area contributed by atoms with E-state index in [4.69, 9.17) is 4.74 Å². The summed E-state index contributed by atoms with van der Waals surface area (Å²) in [6.45, 7) is 5.70. The van der Waals surface area contributed by atoms with Gasteiger partial charge in [0.25, 0.3) is 0 Å². The number of urea groups is 1. The summed E-state index contributed by atoms with van der Waals surface area (Å²) in [7, 11) is 1.64. The SMILES string of the molecule is CC(C)Oc1ccc(NC(=O)N(C)C(C)c2ccccc2F)cc1. The Balaban J connectivity index is 2.02. The zero-order chi connectivity index (χ0) is 17.7. The number of carbonyl (C=O) groups is 1. The lowest BCUT2D eigenvalue weighted by molar-refractivity contribution is 0.207. The summed E-state index contributed by atoms with van der Waals surface area (Å²) in [4.78, 5) is 13.8. The molecule has 0 fully saturated rings. The normalized spacial score (nSPS) is 11.9. The van der Waals surface area contributed by atoms with Crippen molar-refractivity contribution in [2.45, 2.75) is 32.9 Å². The molecule has 0 aliphatic rings. The Hall–Kier alpha value is -2.56. The Labute approximate surface area is 142 Å². The maximum atomic E-state index is 13.9. The number of benzene rings is 2. The molecule has 1 unspecified atom stereocenters. The molecular formula is C19H23FN2O2. The number of hydrogen-bond acceptors (Lipinski definition) is 2. The Bertz CT molecular complexity index is 686. The molecule has 0 aromatic heterocycles. The minimum atomic E-state index is -0.380. The highest BCUT2D eigenvalue weighted by Crippen LogP contribution is 2.23. The van der Waals surface area contributed by atoms with Gasteiger partial charge in [0, 0.05) is 18.3 Å². The van der Waals surface area contributed by atoms with Crippen molar-refractivity contribution in [2.24, 2.45) is 0 Å². The fraction of sp³-hybridized carbons (Fsp3) is 0.316. The minimum absolute atomic E-state index is 0.0955. The van der Waals surface area contributed by atoms with E-state index in [1.165, 1.54) is 11.0 Å². The number of hydrogen-bond donors (Lipinski definition) is 1. The fourth-order valence-corrected chi connectivity index (χ4v) is 2.30. The van der Waals surface area contributed by atoms with Crippen LogP contribution in [-0.2, 0) is 0 Å². The van der Waals surface area contributed by atoms with E-state index in [9.17, 15) is 9.18 Å². The molecule has 0 heterocycles. The number of carbonyl (C=O) groups excluding carboxylic acids is 1. The molecule has 0 spiro atoms. The van der Waals surface area contributed by atoms with Gasteiger partial charge in [-0.3, -0.25) is 0 Å². The van der Waals surface area contributed by atoms with E-state index in [-0.39, 0.29) is 24.0 Å². The van der Waals surface area contributed by atoms with Gasteiger partial charge in [-0.05, 0) is 51.1 Å².